The molecule has 0 saturated carbocycles. The number of guanidine groups is 4. The van der Waals surface area contributed by atoms with Gasteiger partial charge in [-0.1, -0.05) is 66.4 Å². The number of aliphatic hydroxyl groups excluding tert-OH is 1. The summed E-state index contributed by atoms with van der Waals surface area (Å²) in [5.41, 5.74) is 26.0. The molecule has 13 heteroatoms. The third kappa shape index (κ3) is 16.6. The lowest BCUT2D eigenvalue weighted by Gasteiger charge is -2.05. The minimum absolute atomic E-state index is 0.124. The van der Waals surface area contributed by atoms with E-state index in [2.05, 4.69) is 30.6 Å². The zero-order valence-corrected chi connectivity index (χ0v) is 25.5. The molecule has 0 amide bonds. The van der Waals surface area contributed by atoms with E-state index < -0.39 is 0 Å². The van der Waals surface area contributed by atoms with Crippen molar-refractivity contribution in [3.63, 3.8) is 0 Å². The van der Waals surface area contributed by atoms with Crippen LogP contribution >= 0.6 is 23.2 Å². The van der Waals surface area contributed by atoms with Crippen molar-refractivity contribution in [2.45, 2.75) is 32.1 Å². The van der Waals surface area contributed by atoms with Crippen molar-refractivity contribution >= 4 is 58.4 Å². The minimum Gasteiger partial charge on any atom is -0.396 e. The maximum Gasteiger partial charge on any atom is 0.218 e. The molecule has 0 heterocycles. The molecule has 43 heavy (non-hydrogen) atoms. The lowest BCUT2D eigenvalue weighted by atomic mass is 10.2. The highest BCUT2D eigenvalue weighted by atomic mass is 35.5. The van der Waals surface area contributed by atoms with Gasteiger partial charge in [-0.15, -0.1) is 0 Å². The fourth-order valence-corrected chi connectivity index (χ4v) is 3.73. The number of nitrogens with zero attached hydrogens (tertiary/aromatic N) is 4. The first-order chi connectivity index (χ1) is 20.7. The van der Waals surface area contributed by atoms with Crippen molar-refractivity contribution in [2.75, 3.05) is 30.3 Å². The number of unbranched alkanes of at least 4 members (excludes halogenated alkanes) is 3. The van der Waals surface area contributed by atoms with E-state index in [1.165, 1.54) is 5.56 Å². The first kappa shape index (κ1) is 34.9. The van der Waals surface area contributed by atoms with Gasteiger partial charge in [0.25, 0.3) is 0 Å². The number of benzene rings is 3. The van der Waals surface area contributed by atoms with Crippen molar-refractivity contribution in [3.05, 3.63) is 94.5 Å². The molecule has 3 aromatic carbocycles. The third-order valence-corrected chi connectivity index (χ3v) is 6.06. The van der Waals surface area contributed by atoms with Crippen molar-refractivity contribution in [1.29, 1.82) is 0 Å². The van der Waals surface area contributed by atoms with Gasteiger partial charge in [0, 0.05) is 41.1 Å². The van der Waals surface area contributed by atoms with E-state index in [4.69, 9.17) is 51.2 Å². The molecule has 11 N–H and O–H groups in total. The smallest absolute Gasteiger partial charge is 0.218 e. The van der Waals surface area contributed by atoms with Gasteiger partial charge in [-0.05, 0) is 73.4 Å². The minimum atomic E-state index is 0.124. The zero-order chi connectivity index (χ0) is 31.3. The first-order valence-corrected chi connectivity index (χ1v) is 14.5. The van der Waals surface area contributed by atoms with Gasteiger partial charge in [-0.3, -0.25) is 9.98 Å². The molecule has 0 saturated heterocycles. The van der Waals surface area contributed by atoms with Crippen LogP contribution in [0, 0.1) is 0 Å². The molecule has 230 valence electrons. The summed E-state index contributed by atoms with van der Waals surface area (Å²) in [4.78, 5) is 16.5. The lowest BCUT2D eigenvalue weighted by Crippen LogP contribution is -2.26. The SMILES string of the molecule is NC(=NCCCCCCN=C(N)N=C(N)Nc1ccc(Cl)cc1)N=C(N)Nc1ccc(Cl)cc1.OCCc1ccccc1. The van der Waals surface area contributed by atoms with Gasteiger partial charge in [-0.2, -0.15) is 9.98 Å². The summed E-state index contributed by atoms with van der Waals surface area (Å²) < 4.78 is 0. The van der Waals surface area contributed by atoms with Crippen LogP contribution in [0.15, 0.2) is 98.8 Å². The molecular weight excluding hydrogens is 587 g/mol. The van der Waals surface area contributed by atoms with Crippen LogP contribution in [0.5, 0.6) is 0 Å². The molecule has 0 aromatic heterocycles. The van der Waals surface area contributed by atoms with Gasteiger partial charge < -0.3 is 38.7 Å². The van der Waals surface area contributed by atoms with Crippen LogP contribution in [0.4, 0.5) is 11.4 Å². The average Bonchev–Trinajstić information content (AvgIpc) is 2.98. The van der Waals surface area contributed by atoms with Gasteiger partial charge >= 0.3 is 0 Å². The molecule has 11 nitrogen and oxygen atoms in total. The Hall–Kier alpha value is -4.32. The maximum atomic E-state index is 8.52. The second-order valence-corrected chi connectivity index (χ2v) is 9.98. The summed E-state index contributed by atoms with van der Waals surface area (Å²) in [7, 11) is 0. The van der Waals surface area contributed by atoms with Gasteiger partial charge in [0.15, 0.2) is 0 Å². The maximum absolute atomic E-state index is 8.52. The lowest BCUT2D eigenvalue weighted by molar-refractivity contribution is 0.299. The molecule has 0 aliphatic rings. The van der Waals surface area contributed by atoms with Gasteiger partial charge in [0.1, 0.15) is 0 Å². The molecule has 0 aliphatic heterocycles. The molecule has 0 radical (unpaired) electrons. The number of rotatable bonds is 11. The Labute approximate surface area is 262 Å². The van der Waals surface area contributed by atoms with Crippen LogP contribution < -0.4 is 33.6 Å². The normalized spacial score (nSPS) is 12.3. The Morgan fingerprint density at radius 1 is 0.605 bits per heavy atom. The number of halogens is 2. The van der Waals surface area contributed by atoms with E-state index in [9.17, 15) is 0 Å². The second kappa shape index (κ2) is 20.5. The van der Waals surface area contributed by atoms with Crippen LogP contribution in [0.1, 0.15) is 31.2 Å². The van der Waals surface area contributed by atoms with Crippen molar-refractivity contribution < 1.29 is 5.11 Å². The quantitative estimate of drug-likeness (QED) is 0.0918. The van der Waals surface area contributed by atoms with E-state index in [0.717, 1.165) is 43.5 Å². The van der Waals surface area contributed by atoms with Crippen molar-refractivity contribution in [1.82, 2.24) is 0 Å². The number of aliphatic imine (C=N–C) groups is 4. The summed E-state index contributed by atoms with van der Waals surface area (Å²) in [6.45, 7) is 1.36. The van der Waals surface area contributed by atoms with E-state index in [1.54, 1.807) is 48.5 Å². The Morgan fingerprint density at radius 2 is 1.02 bits per heavy atom. The fourth-order valence-electron chi connectivity index (χ4n) is 3.47. The van der Waals surface area contributed by atoms with E-state index in [-0.39, 0.29) is 30.4 Å². The largest absolute Gasteiger partial charge is 0.396 e. The Kier molecular flexibility index (Phi) is 16.7. The molecule has 0 bridgehead atoms. The van der Waals surface area contributed by atoms with Crippen LogP contribution in [0.2, 0.25) is 10.0 Å². The van der Waals surface area contributed by atoms with Gasteiger partial charge in [-0.25, -0.2) is 0 Å². The number of nitrogens with two attached hydrogens (primary N) is 4. The van der Waals surface area contributed by atoms with Gasteiger partial charge in [0.2, 0.25) is 23.8 Å². The number of hydrogen-bond acceptors (Lipinski definition) is 3. The summed E-state index contributed by atoms with van der Waals surface area (Å²) in [5.74, 6) is 0.564. The van der Waals surface area contributed by atoms with Crippen LogP contribution in [0.25, 0.3) is 0 Å². The summed E-state index contributed by atoms with van der Waals surface area (Å²) in [6.07, 6.45) is 4.45. The average molecular weight is 628 g/mol. The highest BCUT2D eigenvalue weighted by molar-refractivity contribution is 6.31. The fraction of sp³-hybridized carbons (Fsp3) is 0.267. The van der Waals surface area contributed by atoms with Crippen LogP contribution in [0.3, 0.4) is 0 Å². The highest BCUT2D eigenvalue weighted by Crippen LogP contribution is 2.13. The van der Waals surface area contributed by atoms with Crippen molar-refractivity contribution in [3.8, 4) is 0 Å². The zero-order valence-electron chi connectivity index (χ0n) is 24.0. The molecule has 0 unspecified atom stereocenters. The topological polar surface area (TPSA) is 198 Å². The molecule has 3 aromatic rings. The number of aliphatic hydroxyl groups is 1. The number of nitrogens with one attached hydrogen (secondary N) is 2. The second-order valence-electron chi connectivity index (χ2n) is 9.11. The molecule has 0 fully saturated rings. The molecule has 3 rings (SSSR count). The van der Waals surface area contributed by atoms with E-state index in [1.807, 2.05) is 30.3 Å². The Morgan fingerprint density at radius 3 is 1.42 bits per heavy atom. The standard InChI is InChI=1S/C22H30Cl2N10.C8H10O/c23-15-5-9-17(10-6-15)31-21(27)33-19(25)29-13-3-1-2-4-14-30-20(26)34-22(28)32-18-11-7-16(24)8-12-18;9-7-6-8-4-2-1-3-5-8/h5-12H,1-4,13-14H2,(H5,25,27,29,31,33)(H5,26,28,30,32,34);1-5,9H,6-7H2. The van der Waals surface area contributed by atoms with Crippen LogP contribution in [-0.2, 0) is 6.42 Å². The molecular formula is C30H40Cl2N10O. The third-order valence-electron chi connectivity index (χ3n) is 5.56. The van der Waals surface area contributed by atoms with Crippen molar-refractivity contribution in [2.24, 2.45) is 42.9 Å². The number of anilines is 2. The molecule has 0 atom stereocenters. The monoisotopic (exact) mass is 626 g/mol. The molecule has 0 aliphatic carbocycles. The molecule has 0 spiro atoms. The van der Waals surface area contributed by atoms with E-state index in [0.29, 0.717) is 23.1 Å². The Balaban J connectivity index is 0.000000609. The summed E-state index contributed by atoms with van der Waals surface area (Å²) >= 11 is 11.7. The summed E-state index contributed by atoms with van der Waals surface area (Å²) in [5, 5.41) is 15.6. The van der Waals surface area contributed by atoms with Gasteiger partial charge in [0.05, 0.1) is 0 Å². The summed E-state index contributed by atoms with van der Waals surface area (Å²) in [6, 6.07) is 24.1. The van der Waals surface area contributed by atoms with Crippen LogP contribution in [-0.4, -0.2) is 48.6 Å². The highest BCUT2D eigenvalue weighted by Gasteiger charge is 1.99. The Bertz CT molecular complexity index is 1250. The number of hydrogen-bond donors (Lipinski definition) is 7. The predicted molar refractivity (Wildman–Crippen MR) is 182 cm³/mol. The first-order valence-electron chi connectivity index (χ1n) is 13.7. The van der Waals surface area contributed by atoms with E-state index >= 15 is 0 Å². The predicted octanol–water partition coefficient (Wildman–Crippen LogP) is 4.56.